The summed E-state index contributed by atoms with van der Waals surface area (Å²) in [6, 6.07) is 58.0. The fourth-order valence-electron chi connectivity index (χ4n) is 8.62. The fraction of sp³-hybridized carbons (Fsp3) is 0.0769. The molecule has 1 aliphatic rings. The molecule has 54 heavy (non-hydrogen) atoms. The lowest BCUT2D eigenvalue weighted by Crippen LogP contribution is -2.18. The third kappa shape index (κ3) is 5.17. The number of aromatic nitrogens is 2. The molecule has 0 spiro atoms. The van der Waals surface area contributed by atoms with E-state index < -0.39 is 0 Å². The average molecular weight is 693 g/mol. The highest BCUT2D eigenvalue weighted by molar-refractivity contribution is 6.12. The highest BCUT2D eigenvalue weighted by atomic mass is 15.0. The van der Waals surface area contributed by atoms with E-state index in [1.807, 2.05) is 0 Å². The monoisotopic (exact) mass is 692 g/mol. The van der Waals surface area contributed by atoms with Crippen LogP contribution < -0.4 is 0 Å². The average Bonchev–Trinajstić information content (AvgIpc) is 3.74. The van der Waals surface area contributed by atoms with Gasteiger partial charge in [0, 0.05) is 32.9 Å². The molecule has 0 atom stereocenters. The standard InChI is InChI=1S/C52H40N2/c1-35-14-6-5-13-31-52(2,3)47-34-41(27-28-42(35)47)54-49-20-12-10-18-44(49)46-33-39(24-30-51(46)54)38-23-29-50-45(32-38)43-17-9-11-19-48(43)53(50)40-25-21-37(22-26-40)36-15-7-4-8-16-36/h4-30,32-34H,1,31H2,2-3H3/b13-5-,14-6-. The van der Waals surface area contributed by atoms with E-state index in [9.17, 15) is 0 Å². The van der Waals surface area contributed by atoms with Crippen LogP contribution in [0.25, 0.3) is 82.8 Å². The molecular weight excluding hydrogens is 653 g/mol. The Morgan fingerprint density at radius 1 is 0.463 bits per heavy atom. The molecule has 10 rings (SSSR count). The second kappa shape index (κ2) is 12.5. The molecular formula is C52H40N2. The number of rotatable bonds is 4. The van der Waals surface area contributed by atoms with E-state index in [4.69, 9.17) is 0 Å². The summed E-state index contributed by atoms with van der Waals surface area (Å²) < 4.78 is 4.83. The second-order valence-electron chi connectivity index (χ2n) is 15.2. The maximum atomic E-state index is 4.43. The molecule has 2 aromatic heterocycles. The lowest BCUT2D eigenvalue weighted by atomic mass is 9.77. The molecule has 0 saturated carbocycles. The number of benzene rings is 7. The number of allylic oxidation sites excluding steroid dienone is 5. The molecule has 0 saturated heterocycles. The highest BCUT2D eigenvalue weighted by Crippen LogP contribution is 2.41. The van der Waals surface area contributed by atoms with Crippen molar-refractivity contribution in [3.8, 4) is 33.6 Å². The van der Waals surface area contributed by atoms with E-state index >= 15 is 0 Å². The van der Waals surface area contributed by atoms with E-state index in [0.29, 0.717) is 0 Å². The molecule has 0 unspecified atom stereocenters. The molecule has 0 fully saturated rings. The third-order valence-electron chi connectivity index (χ3n) is 11.4. The summed E-state index contributed by atoms with van der Waals surface area (Å²) >= 11 is 0. The van der Waals surface area contributed by atoms with Gasteiger partial charge in [-0.25, -0.2) is 0 Å². The van der Waals surface area contributed by atoms with Crippen molar-refractivity contribution >= 4 is 49.2 Å². The smallest absolute Gasteiger partial charge is 0.0541 e. The van der Waals surface area contributed by atoms with Crippen molar-refractivity contribution in [3.05, 3.63) is 200 Å². The van der Waals surface area contributed by atoms with E-state index in [1.54, 1.807) is 0 Å². The van der Waals surface area contributed by atoms with Gasteiger partial charge in [-0.15, -0.1) is 0 Å². The van der Waals surface area contributed by atoms with Gasteiger partial charge < -0.3 is 9.13 Å². The van der Waals surface area contributed by atoms with Crippen LogP contribution in [0.2, 0.25) is 0 Å². The molecule has 2 heterocycles. The quantitative estimate of drug-likeness (QED) is 0.174. The lowest BCUT2D eigenvalue weighted by molar-refractivity contribution is 0.533. The summed E-state index contributed by atoms with van der Waals surface area (Å²) in [5, 5.41) is 5.01. The first-order valence-electron chi connectivity index (χ1n) is 18.8. The van der Waals surface area contributed by atoms with Gasteiger partial charge >= 0.3 is 0 Å². The zero-order valence-corrected chi connectivity index (χ0v) is 30.6. The van der Waals surface area contributed by atoms with Crippen LogP contribution in [-0.4, -0.2) is 9.13 Å². The topological polar surface area (TPSA) is 9.86 Å². The van der Waals surface area contributed by atoms with Crippen molar-refractivity contribution in [3.63, 3.8) is 0 Å². The van der Waals surface area contributed by atoms with Crippen molar-refractivity contribution in [1.29, 1.82) is 0 Å². The van der Waals surface area contributed by atoms with Crippen LogP contribution in [0.5, 0.6) is 0 Å². The molecule has 2 heteroatoms. The predicted molar refractivity (Wildman–Crippen MR) is 231 cm³/mol. The minimum absolute atomic E-state index is 0.0455. The van der Waals surface area contributed by atoms with Gasteiger partial charge in [0.05, 0.1) is 22.1 Å². The molecule has 2 nitrogen and oxygen atoms in total. The number of hydrogen-bond acceptors (Lipinski definition) is 0. The predicted octanol–water partition coefficient (Wildman–Crippen LogP) is 14.0. The van der Waals surface area contributed by atoms with Crippen molar-refractivity contribution in [2.45, 2.75) is 25.7 Å². The number of nitrogens with zero attached hydrogens (tertiary/aromatic N) is 2. The number of hydrogen-bond donors (Lipinski definition) is 0. The first-order chi connectivity index (χ1) is 26.4. The Labute approximate surface area is 316 Å². The highest BCUT2D eigenvalue weighted by Gasteiger charge is 2.25. The van der Waals surface area contributed by atoms with Gasteiger partial charge in [0.15, 0.2) is 0 Å². The largest absolute Gasteiger partial charge is 0.309 e. The molecule has 0 amide bonds. The van der Waals surface area contributed by atoms with Gasteiger partial charge in [-0.3, -0.25) is 0 Å². The summed E-state index contributed by atoms with van der Waals surface area (Å²) in [4.78, 5) is 0. The second-order valence-corrected chi connectivity index (χ2v) is 15.2. The van der Waals surface area contributed by atoms with Crippen LogP contribution in [0.15, 0.2) is 189 Å². The van der Waals surface area contributed by atoms with E-state index in [2.05, 4.69) is 212 Å². The summed E-state index contributed by atoms with van der Waals surface area (Å²) in [6.45, 7) is 9.11. The van der Waals surface area contributed by atoms with Crippen molar-refractivity contribution in [2.24, 2.45) is 0 Å². The maximum absolute atomic E-state index is 4.43. The van der Waals surface area contributed by atoms with Crippen LogP contribution in [0.1, 0.15) is 31.4 Å². The normalized spacial score (nSPS) is 15.3. The van der Waals surface area contributed by atoms with Gasteiger partial charge in [-0.2, -0.15) is 0 Å². The summed E-state index contributed by atoms with van der Waals surface area (Å²) in [6.07, 6.45) is 9.60. The van der Waals surface area contributed by atoms with E-state index in [1.165, 1.54) is 82.7 Å². The van der Waals surface area contributed by atoms with Gasteiger partial charge in [-0.05, 0) is 111 Å². The van der Waals surface area contributed by atoms with Crippen molar-refractivity contribution < 1.29 is 0 Å². The molecule has 7 aromatic carbocycles. The molecule has 9 aromatic rings. The first kappa shape index (κ1) is 32.0. The molecule has 0 N–H and O–H groups in total. The van der Waals surface area contributed by atoms with Crippen LogP contribution in [0.3, 0.4) is 0 Å². The van der Waals surface area contributed by atoms with Gasteiger partial charge in [0.25, 0.3) is 0 Å². The van der Waals surface area contributed by atoms with Crippen molar-refractivity contribution in [1.82, 2.24) is 9.13 Å². The number of fused-ring (bicyclic) bond motifs is 7. The van der Waals surface area contributed by atoms with Gasteiger partial charge in [0.2, 0.25) is 0 Å². The Morgan fingerprint density at radius 2 is 0.981 bits per heavy atom. The molecule has 0 radical (unpaired) electrons. The Hall–Kier alpha value is -6.64. The van der Waals surface area contributed by atoms with Gasteiger partial charge in [-0.1, -0.05) is 142 Å². The zero-order chi connectivity index (χ0) is 36.4. The maximum Gasteiger partial charge on any atom is 0.0541 e. The third-order valence-corrected chi connectivity index (χ3v) is 11.4. The van der Waals surface area contributed by atoms with E-state index in [-0.39, 0.29) is 5.41 Å². The minimum atomic E-state index is -0.0455. The zero-order valence-electron chi connectivity index (χ0n) is 30.6. The van der Waals surface area contributed by atoms with Crippen molar-refractivity contribution in [2.75, 3.05) is 0 Å². The van der Waals surface area contributed by atoms with Crippen LogP contribution in [0, 0.1) is 0 Å². The Morgan fingerprint density at radius 3 is 1.63 bits per heavy atom. The SMILES string of the molecule is C=C1/C=C\C=C/CC(C)(C)c2cc(-n3c4ccccc4c4cc(-c5ccc6c(c5)c5ccccc5n6-c5ccc(-c6ccccc6)cc5)ccc43)ccc21. The summed E-state index contributed by atoms with van der Waals surface area (Å²) in [5.74, 6) is 0. The van der Waals surface area contributed by atoms with Gasteiger partial charge in [0.1, 0.15) is 0 Å². The van der Waals surface area contributed by atoms with Crippen LogP contribution in [-0.2, 0) is 5.41 Å². The van der Waals surface area contributed by atoms with Crippen LogP contribution >= 0.6 is 0 Å². The Kier molecular flexibility index (Phi) is 7.42. The molecule has 0 aliphatic heterocycles. The lowest BCUT2D eigenvalue weighted by Gasteiger charge is -2.28. The molecule has 0 bridgehead atoms. The Bertz CT molecular complexity index is 2980. The fourth-order valence-corrected chi connectivity index (χ4v) is 8.62. The minimum Gasteiger partial charge on any atom is -0.309 e. The Balaban J connectivity index is 1.10. The number of para-hydroxylation sites is 2. The summed E-state index contributed by atoms with van der Waals surface area (Å²) in [5.41, 5.74) is 15.6. The molecule has 1 aliphatic carbocycles. The molecule has 258 valence electrons. The van der Waals surface area contributed by atoms with E-state index in [0.717, 1.165) is 17.7 Å². The van der Waals surface area contributed by atoms with Crippen LogP contribution in [0.4, 0.5) is 0 Å². The summed E-state index contributed by atoms with van der Waals surface area (Å²) in [7, 11) is 0. The first-order valence-corrected chi connectivity index (χ1v) is 18.8.